The first-order valence-electron chi connectivity index (χ1n) is 8.33. The van der Waals surface area contributed by atoms with Crippen molar-refractivity contribution >= 4 is 10.9 Å². The van der Waals surface area contributed by atoms with Gasteiger partial charge in [-0.1, -0.05) is 30.3 Å². The molecule has 0 atom stereocenters. The molecule has 0 N–H and O–H groups in total. The fourth-order valence-electron chi connectivity index (χ4n) is 2.99. The molecule has 0 spiro atoms. The molecule has 0 bridgehead atoms. The Morgan fingerprint density at radius 2 is 1.50 bits per heavy atom. The summed E-state index contributed by atoms with van der Waals surface area (Å²) in [5.41, 5.74) is 4.74. The van der Waals surface area contributed by atoms with Crippen LogP contribution in [0.5, 0.6) is 11.5 Å². The van der Waals surface area contributed by atoms with Crippen LogP contribution < -0.4 is 9.47 Å². The number of rotatable bonds is 4. The number of hydrogen-bond acceptors (Lipinski definition) is 4. The molecule has 0 amide bonds. The zero-order valence-corrected chi connectivity index (χ0v) is 14.6. The summed E-state index contributed by atoms with van der Waals surface area (Å²) in [7, 11) is 3.32. The second-order valence-corrected chi connectivity index (χ2v) is 5.88. The lowest BCUT2D eigenvalue weighted by Gasteiger charge is -2.11. The van der Waals surface area contributed by atoms with Crippen LogP contribution >= 0.6 is 0 Å². The smallest absolute Gasteiger partial charge is 0.122 e. The van der Waals surface area contributed by atoms with Crippen LogP contribution in [0.3, 0.4) is 0 Å². The van der Waals surface area contributed by atoms with E-state index in [1.54, 1.807) is 20.4 Å². The lowest BCUT2D eigenvalue weighted by Crippen LogP contribution is -1.93. The van der Waals surface area contributed by atoms with Crippen LogP contribution in [0.25, 0.3) is 33.4 Å². The van der Waals surface area contributed by atoms with Gasteiger partial charge in [-0.25, -0.2) is 4.98 Å². The number of ether oxygens (including phenoxy) is 2. The highest BCUT2D eigenvalue weighted by Crippen LogP contribution is 2.33. The molecule has 0 unspecified atom stereocenters. The Labute approximate surface area is 152 Å². The second kappa shape index (κ2) is 6.84. The van der Waals surface area contributed by atoms with Crippen LogP contribution in [0.2, 0.25) is 0 Å². The Morgan fingerprint density at radius 3 is 2.27 bits per heavy atom. The molecule has 0 aliphatic rings. The zero-order chi connectivity index (χ0) is 17.9. The van der Waals surface area contributed by atoms with Gasteiger partial charge in [0.25, 0.3) is 0 Å². The van der Waals surface area contributed by atoms with Crippen LogP contribution in [0, 0.1) is 0 Å². The van der Waals surface area contributed by atoms with Crippen molar-refractivity contribution in [1.82, 2.24) is 9.97 Å². The first kappa shape index (κ1) is 16.1. The van der Waals surface area contributed by atoms with Crippen LogP contribution in [0.1, 0.15) is 0 Å². The molecular weight excluding hydrogens is 324 g/mol. The second-order valence-electron chi connectivity index (χ2n) is 5.88. The molecule has 4 rings (SSSR count). The van der Waals surface area contributed by atoms with Crippen LogP contribution in [0.15, 0.2) is 72.9 Å². The van der Waals surface area contributed by atoms with E-state index >= 15 is 0 Å². The van der Waals surface area contributed by atoms with Gasteiger partial charge in [-0.2, -0.15) is 0 Å². The van der Waals surface area contributed by atoms with Gasteiger partial charge in [0.2, 0.25) is 0 Å². The Balaban J connectivity index is 1.93. The van der Waals surface area contributed by atoms with Crippen molar-refractivity contribution in [2.45, 2.75) is 0 Å². The first-order valence-corrected chi connectivity index (χ1v) is 8.33. The van der Waals surface area contributed by atoms with E-state index < -0.39 is 0 Å². The predicted molar refractivity (Wildman–Crippen MR) is 104 cm³/mol. The molecule has 0 aliphatic heterocycles. The molecule has 2 heterocycles. The monoisotopic (exact) mass is 342 g/mol. The van der Waals surface area contributed by atoms with Crippen LogP contribution in [-0.2, 0) is 0 Å². The summed E-state index contributed by atoms with van der Waals surface area (Å²) in [5, 5.41) is 1.10. The van der Waals surface area contributed by atoms with E-state index in [4.69, 9.17) is 14.5 Å². The summed E-state index contributed by atoms with van der Waals surface area (Å²) in [4.78, 5) is 9.26. The molecule has 0 aliphatic carbocycles. The molecule has 2 aromatic carbocycles. The van der Waals surface area contributed by atoms with E-state index in [1.165, 1.54) is 0 Å². The van der Waals surface area contributed by atoms with Crippen molar-refractivity contribution in [3.63, 3.8) is 0 Å². The van der Waals surface area contributed by atoms with Crippen molar-refractivity contribution in [2.75, 3.05) is 14.2 Å². The van der Waals surface area contributed by atoms with Gasteiger partial charge in [0.1, 0.15) is 11.5 Å². The Bertz CT molecular complexity index is 1060. The quantitative estimate of drug-likeness (QED) is 0.524. The van der Waals surface area contributed by atoms with Crippen molar-refractivity contribution in [2.24, 2.45) is 0 Å². The lowest BCUT2D eigenvalue weighted by atomic mass is 9.99. The number of benzene rings is 2. The first-order chi connectivity index (χ1) is 12.8. The summed E-state index contributed by atoms with van der Waals surface area (Å²) >= 11 is 0. The highest BCUT2D eigenvalue weighted by atomic mass is 16.5. The van der Waals surface area contributed by atoms with Gasteiger partial charge < -0.3 is 9.47 Å². The molecule has 4 aromatic rings. The third-order valence-electron chi connectivity index (χ3n) is 4.35. The lowest BCUT2D eigenvalue weighted by molar-refractivity contribution is 0.414. The van der Waals surface area contributed by atoms with Gasteiger partial charge in [-0.15, -0.1) is 0 Å². The summed E-state index contributed by atoms with van der Waals surface area (Å²) in [6, 6.07) is 22.0. The molecule has 4 nitrogen and oxygen atoms in total. The maximum absolute atomic E-state index is 5.32. The van der Waals surface area contributed by atoms with Crippen molar-refractivity contribution < 1.29 is 9.47 Å². The van der Waals surface area contributed by atoms with Gasteiger partial charge in [0.15, 0.2) is 0 Å². The van der Waals surface area contributed by atoms with Gasteiger partial charge in [0, 0.05) is 17.6 Å². The Kier molecular flexibility index (Phi) is 4.23. The Hall–Kier alpha value is -3.40. The number of pyridine rings is 2. The number of aromatic nitrogens is 2. The van der Waals surface area contributed by atoms with Crippen LogP contribution in [0.4, 0.5) is 0 Å². The van der Waals surface area contributed by atoms with Crippen molar-refractivity contribution in [3.8, 4) is 34.0 Å². The highest BCUT2D eigenvalue weighted by Gasteiger charge is 2.11. The molecule has 0 saturated carbocycles. The zero-order valence-electron chi connectivity index (χ0n) is 14.6. The van der Waals surface area contributed by atoms with Gasteiger partial charge >= 0.3 is 0 Å². The molecule has 4 heteroatoms. The summed E-state index contributed by atoms with van der Waals surface area (Å²) in [6.07, 6.45) is 1.73. The summed E-state index contributed by atoms with van der Waals surface area (Å²) in [6.45, 7) is 0. The van der Waals surface area contributed by atoms with E-state index in [9.17, 15) is 0 Å². The van der Waals surface area contributed by atoms with Gasteiger partial charge in [-0.05, 0) is 41.5 Å². The van der Waals surface area contributed by atoms with Crippen molar-refractivity contribution in [1.29, 1.82) is 0 Å². The molecule has 0 fully saturated rings. The van der Waals surface area contributed by atoms with E-state index in [-0.39, 0.29) is 0 Å². The van der Waals surface area contributed by atoms with E-state index in [0.717, 1.165) is 44.9 Å². The van der Waals surface area contributed by atoms with E-state index in [1.807, 2.05) is 42.5 Å². The average molecular weight is 342 g/mol. The van der Waals surface area contributed by atoms with Crippen LogP contribution in [-0.4, -0.2) is 24.2 Å². The topological polar surface area (TPSA) is 44.2 Å². The average Bonchev–Trinajstić information content (AvgIpc) is 2.73. The molecular formula is C22H18N2O2. The maximum Gasteiger partial charge on any atom is 0.122 e. The minimum Gasteiger partial charge on any atom is -0.497 e. The SMILES string of the molecule is COc1ccc(-c2cc(-c3cc(OC)ccn3)nc3ccccc23)cc1. The number of fused-ring (bicyclic) bond motifs is 1. The molecule has 0 saturated heterocycles. The maximum atomic E-state index is 5.32. The molecule has 0 radical (unpaired) electrons. The number of hydrogen-bond donors (Lipinski definition) is 0. The number of methoxy groups -OCH3 is 2. The normalized spacial score (nSPS) is 10.7. The van der Waals surface area contributed by atoms with Gasteiger partial charge in [-0.3, -0.25) is 4.98 Å². The molecule has 128 valence electrons. The number of para-hydroxylation sites is 1. The fraction of sp³-hybridized carbons (Fsp3) is 0.0909. The van der Waals surface area contributed by atoms with Gasteiger partial charge in [0.05, 0.1) is 31.1 Å². The third-order valence-corrected chi connectivity index (χ3v) is 4.35. The predicted octanol–water partition coefficient (Wildman–Crippen LogP) is 4.98. The third kappa shape index (κ3) is 2.97. The van der Waals surface area contributed by atoms with Crippen molar-refractivity contribution in [3.05, 3.63) is 72.9 Å². The summed E-state index contributed by atoms with van der Waals surface area (Å²) < 4.78 is 10.6. The largest absolute Gasteiger partial charge is 0.497 e. The van der Waals surface area contributed by atoms with E-state index in [0.29, 0.717) is 0 Å². The fourth-order valence-corrected chi connectivity index (χ4v) is 2.99. The molecule has 2 aromatic heterocycles. The standard InChI is InChI=1S/C22H18N2O2/c1-25-16-9-7-15(8-10-16)19-14-22(21-13-17(26-2)11-12-23-21)24-20-6-4-3-5-18(19)20/h3-14H,1-2H3. The molecule has 26 heavy (non-hydrogen) atoms. The summed E-state index contributed by atoms with van der Waals surface area (Å²) in [5.74, 6) is 1.60. The highest BCUT2D eigenvalue weighted by molar-refractivity contribution is 5.96. The minimum absolute atomic E-state index is 0.760. The Morgan fingerprint density at radius 1 is 0.731 bits per heavy atom. The number of nitrogens with zero attached hydrogens (tertiary/aromatic N) is 2. The van der Waals surface area contributed by atoms with E-state index in [2.05, 4.69) is 29.2 Å². The minimum atomic E-state index is 0.760.